The lowest BCUT2D eigenvalue weighted by molar-refractivity contribution is -0.384. The summed E-state index contributed by atoms with van der Waals surface area (Å²) in [6.07, 6.45) is 0. The second-order valence-corrected chi connectivity index (χ2v) is 8.16. The number of anilines is 1. The van der Waals surface area contributed by atoms with E-state index in [1.54, 1.807) is 23.5 Å². The largest absolute Gasteiger partial charge is 0.379 e. The highest BCUT2D eigenvalue weighted by molar-refractivity contribution is 7.10. The number of morpholine rings is 1. The van der Waals surface area contributed by atoms with Crippen molar-refractivity contribution in [3.63, 3.8) is 0 Å². The summed E-state index contributed by atoms with van der Waals surface area (Å²) >= 11 is 1.67. The Morgan fingerprint density at radius 2 is 2.07 bits per heavy atom. The second-order valence-electron chi connectivity index (χ2n) is 7.18. The SMILES string of the molecule is CC(C)NC(=O)c1ccc(NC[C@H](c2cccs2)N2CCOCC2)c([N+](=O)[O-])c1. The molecule has 1 atom stereocenters. The number of thiophene rings is 1. The maximum Gasteiger partial charge on any atom is 0.293 e. The zero-order chi connectivity index (χ0) is 20.8. The number of hydrogen-bond donors (Lipinski definition) is 2. The standard InChI is InChI=1S/C20H26N4O4S/c1-14(2)22-20(25)15-5-6-16(17(12-15)24(26)27)21-13-18(19-4-3-11-29-19)23-7-9-28-10-8-23/h3-6,11-12,14,18,21H,7-10,13H2,1-2H3,(H,22,25)/t18-/m1/s1. The van der Waals surface area contributed by atoms with E-state index in [1.165, 1.54) is 10.9 Å². The van der Waals surface area contributed by atoms with Crippen LogP contribution in [0.15, 0.2) is 35.7 Å². The van der Waals surface area contributed by atoms with Crippen molar-refractivity contribution < 1.29 is 14.5 Å². The van der Waals surface area contributed by atoms with E-state index in [-0.39, 0.29) is 29.2 Å². The van der Waals surface area contributed by atoms with E-state index in [1.807, 2.05) is 25.3 Å². The molecule has 0 spiro atoms. The Morgan fingerprint density at radius 1 is 1.31 bits per heavy atom. The lowest BCUT2D eigenvalue weighted by Crippen LogP contribution is -2.41. The van der Waals surface area contributed by atoms with Gasteiger partial charge in [0.25, 0.3) is 11.6 Å². The summed E-state index contributed by atoms with van der Waals surface area (Å²) in [7, 11) is 0. The number of ether oxygens (including phenoxy) is 1. The van der Waals surface area contributed by atoms with E-state index >= 15 is 0 Å². The third-order valence-electron chi connectivity index (χ3n) is 4.72. The van der Waals surface area contributed by atoms with Crippen molar-refractivity contribution in [2.75, 3.05) is 38.2 Å². The Morgan fingerprint density at radius 3 is 2.69 bits per heavy atom. The normalized spacial score (nSPS) is 15.8. The number of rotatable bonds is 8. The molecule has 8 nitrogen and oxygen atoms in total. The first kappa shape index (κ1) is 21.2. The molecule has 156 valence electrons. The predicted molar refractivity (Wildman–Crippen MR) is 114 cm³/mol. The summed E-state index contributed by atoms with van der Waals surface area (Å²) in [5, 5.41) is 19.6. The highest BCUT2D eigenvalue weighted by Crippen LogP contribution is 2.30. The molecule has 0 aliphatic carbocycles. The molecule has 3 rings (SSSR count). The number of nitro benzene ring substituents is 1. The lowest BCUT2D eigenvalue weighted by atomic mass is 10.1. The zero-order valence-corrected chi connectivity index (χ0v) is 17.4. The van der Waals surface area contributed by atoms with E-state index in [0.29, 0.717) is 25.4 Å². The van der Waals surface area contributed by atoms with Gasteiger partial charge in [-0.25, -0.2) is 0 Å². The van der Waals surface area contributed by atoms with Gasteiger partial charge in [0.1, 0.15) is 5.69 Å². The van der Waals surface area contributed by atoms with Crippen LogP contribution in [-0.4, -0.2) is 54.6 Å². The summed E-state index contributed by atoms with van der Waals surface area (Å²) in [6, 6.07) is 8.70. The number of carbonyl (C=O) groups is 1. The van der Waals surface area contributed by atoms with Crippen molar-refractivity contribution in [1.82, 2.24) is 10.2 Å². The third-order valence-corrected chi connectivity index (χ3v) is 5.69. The van der Waals surface area contributed by atoms with E-state index in [4.69, 9.17) is 4.74 Å². The number of nitrogens with zero attached hydrogens (tertiary/aromatic N) is 2. The average molecular weight is 419 g/mol. The van der Waals surface area contributed by atoms with Gasteiger partial charge in [0.15, 0.2) is 0 Å². The Hall–Kier alpha value is -2.49. The molecule has 1 amide bonds. The van der Waals surface area contributed by atoms with Crippen LogP contribution in [0.1, 0.15) is 35.1 Å². The molecule has 1 aromatic carbocycles. The maximum absolute atomic E-state index is 12.2. The molecule has 2 N–H and O–H groups in total. The van der Waals surface area contributed by atoms with E-state index in [2.05, 4.69) is 21.6 Å². The minimum absolute atomic E-state index is 0.0422. The van der Waals surface area contributed by atoms with Crippen LogP contribution in [0.3, 0.4) is 0 Å². The Kier molecular flexibility index (Phi) is 7.18. The van der Waals surface area contributed by atoms with Gasteiger partial charge in [-0.2, -0.15) is 0 Å². The summed E-state index contributed by atoms with van der Waals surface area (Å²) in [4.78, 5) is 26.9. The first-order valence-corrected chi connectivity index (χ1v) is 10.5. The molecule has 1 aliphatic heterocycles. The topological polar surface area (TPSA) is 96.7 Å². The minimum atomic E-state index is -0.455. The second kappa shape index (κ2) is 9.82. The summed E-state index contributed by atoms with van der Waals surface area (Å²) < 4.78 is 5.46. The molecule has 2 aromatic rings. The number of hydrogen-bond acceptors (Lipinski definition) is 7. The van der Waals surface area contributed by atoms with Crippen LogP contribution in [0.5, 0.6) is 0 Å². The zero-order valence-electron chi connectivity index (χ0n) is 16.6. The number of amides is 1. The Labute approximate surface area is 174 Å². The van der Waals surface area contributed by atoms with Gasteiger partial charge in [0.2, 0.25) is 0 Å². The molecular formula is C20H26N4O4S. The first-order chi connectivity index (χ1) is 14.0. The molecule has 1 fully saturated rings. The van der Waals surface area contributed by atoms with Gasteiger partial charge in [-0.15, -0.1) is 11.3 Å². The Balaban J connectivity index is 1.78. The van der Waals surface area contributed by atoms with Crippen molar-refractivity contribution >= 4 is 28.6 Å². The van der Waals surface area contributed by atoms with Crippen LogP contribution in [0.2, 0.25) is 0 Å². The first-order valence-electron chi connectivity index (χ1n) is 9.64. The summed E-state index contributed by atoms with van der Waals surface area (Å²) in [5.74, 6) is -0.320. The molecule has 29 heavy (non-hydrogen) atoms. The molecule has 1 aromatic heterocycles. The van der Waals surface area contributed by atoms with Gasteiger partial charge in [-0.05, 0) is 37.4 Å². The van der Waals surface area contributed by atoms with Crippen LogP contribution in [-0.2, 0) is 4.74 Å². The van der Waals surface area contributed by atoms with Crippen molar-refractivity contribution in [3.8, 4) is 0 Å². The van der Waals surface area contributed by atoms with Crippen molar-refractivity contribution in [2.45, 2.75) is 25.9 Å². The molecule has 0 unspecified atom stereocenters. The molecule has 0 bridgehead atoms. The quantitative estimate of drug-likeness (QED) is 0.504. The van der Waals surface area contributed by atoms with Crippen LogP contribution in [0.25, 0.3) is 0 Å². The molecule has 1 aliphatic rings. The molecule has 9 heteroatoms. The highest BCUT2D eigenvalue weighted by Gasteiger charge is 2.25. The van der Waals surface area contributed by atoms with Crippen molar-refractivity contribution in [3.05, 3.63) is 56.3 Å². The fourth-order valence-corrected chi connectivity index (χ4v) is 4.17. The fraction of sp³-hybridized carbons (Fsp3) is 0.450. The monoisotopic (exact) mass is 418 g/mol. The molecular weight excluding hydrogens is 392 g/mol. The van der Waals surface area contributed by atoms with Gasteiger partial charge in [0, 0.05) is 42.2 Å². The molecule has 1 saturated heterocycles. The predicted octanol–water partition coefficient (Wildman–Crippen LogP) is 3.28. The van der Waals surface area contributed by atoms with Crippen LogP contribution in [0, 0.1) is 10.1 Å². The highest BCUT2D eigenvalue weighted by atomic mass is 32.1. The number of nitrogens with one attached hydrogen (secondary N) is 2. The lowest BCUT2D eigenvalue weighted by Gasteiger charge is -2.34. The van der Waals surface area contributed by atoms with E-state index in [0.717, 1.165) is 13.1 Å². The van der Waals surface area contributed by atoms with Gasteiger partial charge >= 0.3 is 0 Å². The van der Waals surface area contributed by atoms with E-state index in [9.17, 15) is 14.9 Å². The van der Waals surface area contributed by atoms with Crippen LogP contribution >= 0.6 is 11.3 Å². The van der Waals surface area contributed by atoms with Gasteiger partial charge in [-0.3, -0.25) is 19.8 Å². The number of nitro groups is 1. The molecule has 0 saturated carbocycles. The number of carbonyl (C=O) groups excluding carboxylic acids is 1. The van der Waals surface area contributed by atoms with Crippen LogP contribution in [0.4, 0.5) is 11.4 Å². The van der Waals surface area contributed by atoms with Gasteiger partial charge in [-0.1, -0.05) is 6.07 Å². The summed E-state index contributed by atoms with van der Waals surface area (Å²) in [5.41, 5.74) is 0.582. The smallest absolute Gasteiger partial charge is 0.293 e. The van der Waals surface area contributed by atoms with Crippen molar-refractivity contribution in [2.24, 2.45) is 0 Å². The third kappa shape index (κ3) is 5.53. The average Bonchev–Trinajstić information content (AvgIpc) is 3.23. The Bertz CT molecular complexity index is 835. The number of benzene rings is 1. The van der Waals surface area contributed by atoms with Crippen molar-refractivity contribution in [1.29, 1.82) is 0 Å². The fourth-order valence-electron chi connectivity index (χ4n) is 3.31. The minimum Gasteiger partial charge on any atom is -0.379 e. The van der Waals surface area contributed by atoms with Gasteiger partial charge < -0.3 is 15.4 Å². The molecule has 2 heterocycles. The summed E-state index contributed by atoms with van der Waals surface area (Å²) in [6.45, 7) is 7.22. The van der Waals surface area contributed by atoms with Gasteiger partial charge in [0.05, 0.1) is 24.2 Å². The van der Waals surface area contributed by atoms with E-state index < -0.39 is 4.92 Å². The van der Waals surface area contributed by atoms with Crippen LogP contribution < -0.4 is 10.6 Å². The maximum atomic E-state index is 12.2. The molecule has 0 radical (unpaired) electrons.